The first-order chi connectivity index (χ1) is 9.22. The second kappa shape index (κ2) is 4.56. The second-order valence-electron chi connectivity index (χ2n) is 4.47. The predicted octanol–water partition coefficient (Wildman–Crippen LogP) is 4.55. The van der Waals surface area contributed by atoms with Gasteiger partial charge in [0.1, 0.15) is 6.07 Å². The monoisotopic (exact) mass is 310 g/mol. The summed E-state index contributed by atoms with van der Waals surface area (Å²) in [6, 6.07) is 16.4. The van der Waals surface area contributed by atoms with Gasteiger partial charge >= 0.3 is 0 Å². The molecule has 0 aliphatic heterocycles. The third kappa shape index (κ3) is 1.85. The van der Waals surface area contributed by atoms with Gasteiger partial charge in [-0.3, -0.25) is 0 Å². The SMILES string of the molecule is Cc1ccc(-c2c(C#N)c3ccccn3c2Br)cc1. The maximum atomic E-state index is 9.46. The molecule has 3 aromatic rings. The average Bonchev–Trinajstić information content (AvgIpc) is 2.73. The highest BCUT2D eigenvalue weighted by molar-refractivity contribution is 9.10. The molecule has 0 saturated heterocycles. The van der Waals surface area contributed by atoms with E-state index in [1.807, 2.05) is 28.8 Å². The van der Waals surface area contributed by atoms with Crippen molar-refractivity contribution in [2.45, 2.75) is 6.92 Å². The molecule has 0 bridgehead atoms. The minimum absolute atomic E-state index is 0.705. The Bertz CT molecular complexity index is 792. The summed E-state index contributed by atoms with van der Waals surface area (Å²) in [7, 11) is 0. The van der Waals surface area contributed by atoms with Gasteiger partial charge in [-0.05, 0) is 40.5 Å². The van der Waals surface area contributed by atoms with Crippen molar-refractivity contribution in [2.24, 2.45) is 0 Å². The molecule has 3 heteroatoms. The minimum atomic E-state index is 0.705. The summed E-state index contributed by atoms with van der Waals surface area (Å²) in [4.78, 5) is 0. The van der Waals surface area contributed by atoms with E-state index in [9.17, 15) is 5.26 Å². The summed E-state index contributed by atoms with van der Waals surface area (Å²) >= 11 is 3.61. The molecule has 0 spiro atoms. The van der Waals surface area contributed by atoms with Gasteiger partial charge in [-0.15, -0.1) is 0 Å². The van der Waals surface area contributed by atoms with Crippen LogP contribution in [0.5, 0.6) is 0 Å². The van der Waals surface area contributed by atoms with E-state index in [1.54, 1.807) is 0 Å². The highest BCUT2D eigenvalue weighted by Gasteiger charge is 2.17. The average molecular weight is 311 g/mol. The van der Waals surface area contributed by atoms with Crippen molar-refractivity contribution in [3.63, 3.8) is 0 Å². The molecule has 92 valence electrons. The lowest BCUT2D eigenvalue weighted by molar-refractivity contribution is 1.16. The topological polar surface area (TPSA) is 28.2 Å². The number of benzene rings is 1. The van der Waals surface area contributed by atoms with Crippen molar-refractivity contribution in [2.75, 3.05) is 0 Å². The normalized spacial score (nSPS) is 10.6. The van der Waals surface area contributed by atoms with Gasteiger partial charge in [0.15, 0.2) is 0 Å². The van der Waals surface area contributed by atoms with E-state index in [4.69, 9.17) is 0 Å². The summed E-state index contributed by atoms with van der Waals surface area (Å²) < 4.78 is 2.91. The number of nitriles is 1. The van der Waals surface area contributed by atoms with Gasteiger partial charge in [0.2, 0.25) is 0 Å². The zero-order valence-electron chi connectivity index (χ0n) is 10.4. The van der Waals surface area contributed by atoms with Gasteiger partial charge in [-0.2, -0.15) is 5.26 Å². The summed E-state index contributed by atoms with van der Waals surface area (Å²) in [5, 5.41) is 9.46. The van der Waals surface area contributed by atoms with Crippen molar-refractivity contribution >= 4 is 21.4 Å². The molecule has 0 N–H and O–H groups in total. The number of nitrogens with zero attached hydrogens (tertiary/aromatic N) is 2. The van der Waals surface area contributed by atoms with Crippen LogP contribution in [0.15, 0.2) is 53.3 Å². The number of halogens is 1. The molecule has 0 radical (unpaired) electrons. The maximum Gasteiger partial charge on any atom is 0.102 e. The Morgan fingerprint density at radius 3 is 2.53 bits per heavy atom. The van der Waals surface area contributed by atoms with Crippen LogP contribution < -0.4 is 0 Å². The quantitative estimate of drug-likeness (QED) is 0.648. The summed E-state index contributed by atoms with van der Waals surface area (Å²) in [6.07, 6.45) is 1.96. The first-order valence-corrected chi connectivity index (χ1v) is 6.77. The fourth-order valence-electron chi connectivity index (χ4n) is 2.27. The third-order valence-electron chi connectivity index (χ3n) is 3.24. The Hall–Kier alpha value is -2.05. The number of fused-ring (bicyclic) bond motifs is 1. The van der Waals surface area contributed by atoms with Gasteiger partial charge in [0.25, 0.3) is 0 Å². The van der Waals surface area contributed by atoms with Crippen LogP contribution in [-0.2, 0) is 0 Å². The smallest absolute Gasteiger partial charge is 0.102 e. The molecule has 1 aromatic carbocycles. The molecule has 2 heterocycles. The van der Waals surface area contributed by atoms with Crippen LogP contribution in [0.4, 0.5) is 0 Å². The fourth-order valence-corrected chi connectivity index (χ4v) is 3.00. The van der Waals surface area contributed by atoms with Crippen molar-refractivity contribution in [1.29, 1.82) is 5.26 Å². The van der Waals surface area contributed by atoms with Crippen molar-refractivity contribution in [1.82, 2.24) is 4.40 Å². The van der Waals surface area contributed by atoms with Gasteiger partial charge in [-0.1, -0.05) is 35.9 Å². The lowest BCUT2D eigenvalue weighted by Crippen LogP contribution is -1.82. The van der Waals surface area contributed by atoms with E-state index < -0.39 is 0 Å². The standard InChI is InChI=1S/C16H11BrN2/c1-11-5-7-12(8-6-11)15-13(10-18)14-4-2-3-9-19(14)16(15)17/h2-9H,1H3. The first kappa shape index (κ1) is 12.0. The molecule has 2 nitrogen and oxygen atoms in total. The van der Waals surface area contributed by atoms with E-state index in [0.717, 1.165) is 21.2 Å². The van der Waals surface area contributed by atoms with E-state index in [2.05, 4.69) is 53.2 Å². The molecule has 3 rings (SSSR count). The number of hydrogen-bond donors (Lipinski definition) is 0. The number of pyridine rings is 1. The minimum Gasteiger partial charge on any atom is -0.309 e. The van der Waals surface area contributed by atoms with Crippen LogP contribution in [0.2, 0.25) is 0 Å². The van der Waals surface area contributed by atoms with Crippen LogP contribution in [0.25, 0.3) is 16.6 Å². The number of hydrogen-bond acceptors (Lipinski definition) is 1. The van der Waals surface area contributed by atoms with Crippen LogP contribution in [0.3, 0.4) is 0 Å². The zero-order valence-corrected chi connectivity index (χ0v) is 12.0. The molecule has 19 heavy (non-hydrogen) atoms. The second-order valence-corrected chi connectivity index (χ2v) is 5.23. The summed E-state index contributed by atoms with van der Waals surface area (Å²) in [5.74, 6) is 0. The maximum absolute atomic E-state index is 9.46. The van der Waals surface area contributed by atoms with Crippen molar-refractivity contribution in [3.8, 4) is 17.2 Å². The van der Waals surface area contributed by atoms with Crippen LogP contribution in [-0.4, -0.2) is 4.40 Å². The molecule has 0 saturated carbocycles. The molecule has 0 amide bonds. The van der Waals surface area contributed by atoms with E-state index in [-0.39, 0.29) is 0 Å². The summed E-state index contributed by atoms with van der Waals surface area (Å²) in [5.41, 5.74) is 4.84. The highest BCUT2D eigenvalue weighted by Crippen LogP contribution is 2.36. The fraction of sp³-hybridized carbons (Fsp3) is 0.0625. The molecular weight excluding hydrogens is 300 g/mol. The Morgan fingerprint density at radius 1 is 1.11 bits per heavy atom. The van der Waals surface area contributed by atoms with Crippen LogP contribution >= 0.6 is 15.9 Å². The molecule has 0 aliphatic rings. The third-order valence-corrected chi connectivity index (χ3v) is 4.01. The van der Waals surface area contributed by atoms with Crippen molar-refractivity contribution in [3.05, 3.63) is 64.4 Å². The Labute approximate surface area is 120 Å². The number of aromatic nitrogens is 1. The van der Waals surface area contributed by atoms with Crippen molar-refractivity contribution < 1.29 is 0 Å². The largest absolute Gasteiger partial charge is 0.309 e. The lowest BCUT2D eigenvalue weighted by Gasteiger charge is -2.01. The summed E-state index contributed by atoms with van der Waals surface area (Å²) in [6.45, 7) is 2.06. The Kier molecular flexibility index (Phi) is 2.88. The van der Waals surface area contributed by atoms with Crippen LogP contribution in [0, 0.1) is 18.3 Å². The molecular formula is C16H11BrN2. The molecule has 0 atom stereocenters. The first-order valence-electron chi connectivity index (χ1n) is 5.98. The van der Waals surface area contributed by atoms with E-state index >= 15 is 0 Å². The van der Waals surface area contributed by atoms with Gasteiger partial charge in [0, 0.05) is 11.8 Å². The molecule has 0 fully saturated rings. The van der Waals surface area contributed by atoms with Gasteiger partial charge in [-0.25, -0.2) is 0 Å². The molecule has 0 aliphatic carbocycles. The zero-order chi connectivity index (χ0) is 13.4. The van der Waals surface area contributed by atoms with Gasteiger partial charge in [0.05, 0.1) is 15.7 Å². The molecule has 2 aromatic heterocycles. The lowest BCUT2D eigenvalue weighted by atomic mass is 10.0. The Morgan fingerprint density at radius 2 is 1.84 bits per heavy atom. The highest BCUT2D eigenvalue weighted by atomic mass is 79.9. The number of rotatable bonds is 1. The van der Waals surface area contributed by atoms with Gasteiger partial charge < -0.3 is 4.40 Å². The van der Waals surface area contributed by atoms with Crippen LogP contribution in [0.1, 0.15) is 11.1 Å². The number of aryl methyl sites for hydroxylation is 1. The van der Waals surface area contributed by atoms with E-state index in [1.165, 1.54) is 5.56 Å². The predicted molar refractivity (Wildman–Crippen MR) is 80.0 cm³/mol. The molecule has 0 unspecified atom stereocenters. The van der Waals surface area contributed by atoms with E-state index in [0.29, 0.717) is 5.56 Å². The Balaban J connectivity index is 2.38.